The standard InChI is InChI=1S/C8H11NS/c1-2-3-7-4-8(10)6-9-5-7/h4-6,10H,2-3H2,1H3. The van der Waals surface area contributed by atoms with Crippen LogP contribution in [-0.4, -0.2) is 4.98 Å². The van der Waals surface area contributed by atoms with Gasteiger partial charge in [0.1, 0.15) is 0 Å². The van der Waals surface area contributed by atoms with E-state index in [9.17, 15) is 0 Å². The Morgan fingerprint density at radius 1 is 1.50 bits per heavy atom. The molecular formula is C8H11NS. The molecule has 10 heavy (non-hydrogen) atoms. The lowest BCUT2D eigenvalue weighted by atomic mass is 10.2. The quantitative estimate of drug-likeness (QED) is 0.643. The van der Waals surface area contributed by atoms with Gasteiger partial charge in [-0.2, -0.15) is 0 Å². The van der Waals surface area contributed by atoms with Gasteiger partial charge < -0.3 is 0 Å². The van der Waals surface area contributed by atoms with Gasteiger partial charge in [0.25, 0.3) is 0 Å². The molecule has 1 aromatic rings. The third kappa shape index (κ3) is 2.03. The SMILES string of the molecule is CCCc1cncc(S)c1. The van der Waals surface area contributed by atoms with Gasteiger partial charge in [-0.15, -0.1) is 12.6 Å². The van der Waals surface area contributed by atoms with Crippen molar-refractivity contribution in [3.63, 3.8) is 0 Å². The van der Waals surface area contributed by atoms with Gasteiger partial charge in [-0.3, -0.25) is 4.98 Å². The maximum absolute atomic E-state index is 4.18. The lowest BCUT2D eigenvalue weighted by Crippen LogP contribution is -1.83. The van der Waals surface area contributed by atoms with Crippen LogP contribution in [0.25, 0.3) is 0 Å². The van der Waals surface area contributed by atoms with Crippen molar-refractivity contribution in [3.05, 3.63) is 24.0 Å². The smallest absolute Gasteiger partial charge is 0.0401 e. The molecule has 0 unspecified atom stereocenters. The fraction of sp³-hybridized carbons (Fsp3) is 0.375. The maximum Gasteiger partial charge on any atom is 0.0401 e. The van der Waals surface area contributed by atoms with Gasteiger partial charge in [-0.05, 0) is 18.1 Å². The molecule has 2 heteroatoms. The molecule has 0 fully saturated rings. The lowest BCUT2D eigenvalue weighted by Gasteiger charge is -1.96. The van der Waals surface area contributed by atoms with Crippen molar-refractivity contribution >= 4 is 12.6 Å². The van der Waals surface area contributed by atoms with E-state index in [1.165, 1.54) is 12.0 Å². The van der Waals surface area contributed by atoms with Crippen LogP contribution in [0.4, 0.5) is 0 Å². The minimum absolute atomic E-state index is 0.950. The average Bonchev–Trinajstić information content (AvgIpc) is 1.88. The third-order valence-electron chi connectivity index (χ3n) is 1.32. The number of hydrogen-bond donors (Lipinski definition) is 1. The zero-order valence-corrected chi connectivity index (χ0v) is 6.94. The van der Waals surface area contributed by atoms with Crippen molar-refractivity contribution in [1.82, 2.24) is 4.98 Å². The van der Waals surface area contributed by atoms with E-state index in [0.29, 0.717) is 0 Å². The summed E-state index contributed by atoms with van der Waals surface area (Å²) in [5, 5.41) is 0. The molecule has 1 nitrogen and oxygen atoms in total. The Balaban J connectivity index is 2.75. The molecule has 0 atom stereocenters. The van der Waals surface area contributed by atoms with E-state index >= 15 is 0 Å². The van der Waals surface area contributed by atoms with Gasteiger partial charge in [0, 0.05) is 17.3 Å². The molecule has 54 valence electrons. The maximum atomic E-state index is 4.18. The molecule has 0 aliphatic carbocycles. The normalized spacial score (nSPS) is 9.80. The molecule has 0 amide bonds. The van der Waals surface area contributed by atoms with Crippen LogP contribution < -0.4 is 0 Å². The summed E-state index contributed by atoms with van der Waals surface area (Å²) < 4.78 is 0. The van der Waals surface area contributed by atoms with Gasteiger partial charge in [-0.25, -0.2) is 0 Å². The number of thiol groups is 1. The van der Waals surface area contributed by atoms with Gasteiger partial charge >= 0.3 is 0 Å². The van der Waals surface area contributed by atoms with E-state index in [2.05, 4.69) is 30.6 Å². The van der Waals surface area contributed by atoms with Crippen LogP contribution in [0.2, 0.25) is 0 Å². The van der Waals surface area contributed by atoms with Crippen molar-refractivity contribution in [2.45, 2.75) is 24.7 Å². The Labute approximate surface area is 66.9 Å². The summed E-state index contributed by atoms with van der Waals surface area (Å²) in [6, 6.07) is 2.06. The first-order valence-corrected chi connectivity index (χ1v) is 3.90. The largest absolute Gasteiger partial charge is 0.263 e. The lowest BCUT2D eigenvalue weighted by molar-refractivity contribution is 0.907. The monoisotopic (exact) mass is 153 g/mol. The number of pyridine rings is 1. The molecule has 0 aromatic carbocycles. The van der Waals surface area contributed by atoms with Gasteiger partial charge in [0.2, 0.25) is 0 Å². The second-order valence-corrected chi connectivity index (χ2v) is 2.82. The molecule has 1 aromatic heterocycles. The van der Waals surface area contributed by atoms with Crippen LogP contribution in [-0.2, 0) is 6.42 Å². The highest BCUT2D eigenvalue weighted by Gasteiger charge is 1.90. The van der Waals surface area contributed by atoms with Gasteiger partial charge in [-0.1, -0.05) is 13.3 Å². The van der Waals surface area contributed by atoms with Crippen LogP contribution in [0.5, 0.6) is 0 Å². The van der Waals surface area contributed by atoms with Crippen molar-refractivity contribution in [2.24, 2.45) is 0 Å². The average molecular weight is 153 g/mol. The molecule has 1 rings (SSSR count). The summed E-state index contributed by atoms with van der Waals surface area (Å²) in [6.45, 7) is 2.16. The van der Waals surface area contributed by atoms with Crippen LogP contribution >= 0.6 is 12.6 Å². The van der Waals surface area contributed by atoms with E-state index in [1.807, 2.05) is 6.20 Å². The van der Waals surface area contributed by atoms with Gasteiger partial charge in [0.05, 0.1) is 0 Å². The van der Waals surface area contributed by atoms with E-state index < -0.39 is 0 Å². The van der Waals surface area contributed by atoms with Crippen molar-refractivity contribution in [1.29, 1.82) is 0 Å². The van der Waals surface area contributed by atoms with Gasteiger partial charge in [0.15, 0.2) is 0 Å². The number of aromatic nitrogens is 1. The molecule has 0 spiro atoms. The molecule has 0 aliphatic rings. The predicted octanol–water partition coefficient (Wildman–Crippen LogP) is 2.32. The second-order valence-electron chi connectivity index (χ2n) is 2.30. The Morgan fingerprint density at radius 3 is 2.90 bits per heavy atom. The van der Waals surface area contributed by atoms with Crippen molar-refractivity contribution in [3.8, 4) is 0 Å². The minimum Gasteiger partial charge on any atom is -0.263 e. The molecule has 1 heterocycles. The number of rotatable bonds is 2. The summed E-state index contributed by atoms with van der Waals surface area (Å²) in [7, 11) is 0. The number of aryl methyl sites for hydroxylation is 1. The van der Waals surface area contributed by atoms with E-state index in [1.54, 1.807) is 6.20 Å². The molecule has 0 aliphatic heterocycles. The first-order valence-electron chi connectivity index (χ1n) is 3.46. The minimum atomic E-state index is 0.950. The highest BCUT2D eigenvalue weighted by molar-refractivity contribution is 7.80. The van der Waals surface area contributed by atoms with Crippen molar-refractivity contribution < 1.29 is 0 Å². The zero-order valence-electron chi connectivity index (χ0n) is 6.04. The topological polar surface area (TPSA) is 12.9 Å². The van der Waals surface area contributed by atoms with Crippen LogP contribution in [0, 0.1) is 0 Å². The molecular weight excluding hydrogens is 142 g/mol. The van der Waals surface area contributed by atoms with E-state index in [0.717, 1.165) is 11.3 Å². The summed E-state index contributed by atoms with van der Waals surface area (Å²) in [4.78, 5) is 4.98. The van der Waals surface area contributed by atoms with Crippen LogP contribution in [0.1, 0.15) is 18.9 Å². The van der Waals surface area contributed by atoms with Crippen LogP contribution in [0.3, 0.4) is 0 Å². The van der Waals surface area contributed by atoms with Crippen LogP contribution in [0.15, 0.2) is 23.4 Å². The first kappa shape index (κ1) is 7.61. The van der Waals surface area contributed by atoms with E-state index in [4.69, 9.17) is 0 Å². The molecule has 0 bridgehead atoms. The fourth-order valence-corrected chi connectivity index (χ4v) is 1.13. The second kappa shape index (κ2) is 3.62. The highest BCUT2D eigenvalue weighted by Crippen LogP contribution is 2.07. The predicted molar refractivity (Wildman–Crippen MR) is 45.5 cm³/mol. The Morgan fingerprint density at radius 2 is 2.30 bits per heavy atom. The third-order valence-corrected chi connectivity index (χ3v) is 1.56. The number of hydrogen-bond acceptors (Lipinski definition) is 2. The Hall–Kier alpha value is -0.500. The summed E-state index contributed by atoms with van der Waals surface area (Å²) in [6.07, 6.45) is 5.91. The van der Waals surface area contributed by atoms with E-state index in [-0.39, 0.29) is 0 Å². The molecule has 0 radical (unpaired) electrons. The fourth-order valence-electron chi connectivity index (χ4n) is 0.899. The first-order chi connectivity index (χ1) is 4.83. The summed E-state index contributed by atoms with van der Waals surface area (Å²) >= 11 is 4.18. The Bertz CT molecular complexity index is 210. The Kier molecular flexibility index (Phi) is 2.75. The molecule has 0 saturated carbocycles. The summed E-state index contributed by atoms with van der Waals surface area (Å²) in [5.41, 5.74) is 1.27. The summed E-state index contributed by atoms with van der Waals surface area (Å²) in [5.74, 6) is 0. The number of nitrogens with zero attached hydrogens (tertiary/aromatic N) is 1. The van der Waals surface area contributed by atoms with Crippen molar-refractivity contribution in [2.75, 3.05) is 0 Å². The highest BCUT2D eigenvalue weighted by atomic mass is 32.1. The zero-order chi connectivity index (χ0) is 7.40. The molecule has 0 N–H and O–H groups in total. The molecule has 0 saturated heterocycles.